The molecule has 0 saturated heterocycles. The molecule has 18 heavy (non-hydrogen) atoms. The molecule has 1 rings (SSSR count). The Balaban J connectivity index is 2.42. The lowest BCUT2D eigenvalue weighted by Crippen LogP contribution is -2.14. The summed E-state index contributed by atoms with van der Waals surface area (Å²) in [7, 11) is -1.26. The number of benzene rings is 1. The largest absolute Gasteiger partial charge is 0.497 e. The van der Waals surface area contributed by atoms with Gasteiger partial charge in [0.15, 0.2) is 0 Å². The summed E-state index contributed by atoms with van der Waals surface area (Å²) in [6, 6.07) is 7.51. The van der Waals surface area contributed by atoms with Crippen LogP contribution in [0.15, 0.2) is 24.3 Å². The van der Waals surface area contributed by atoms with E-state index in [4.69, 9.17) is 10.5 Å². The molecule has 0 aliphatic rings. The molecule has 0 spiro atoms. The Kier molecular flexibility index (Phi) is 5.98. The number of hydrogen-bond donors (Lipinski definition) is 1. The molecule has 2 N–H and O–H groups in total. The van der Waals surface area contributed by atoms with Crippen LogP contribution in [0.4, 0.5) is 0 Å². The molecular weight excluding hydrogens is 270 g/mol. The van der Waals surface area contributed by atoms with Gasteiger partial charge in [0.05, 0.1) is 12.9 Å². The normalized spacial score (nSPS) is 13.3. The van der Waals surface area contributed by atoms with E-state index >= 15 is 0 Å². The Labute approximate surface area is 113 Å². The van der Waals surface area contributed by atoms with Crippen LogP contribution in [0.5, 0.6) is 5.75 Å². The van der Waals surface area contributed by atoms with Crippen LogP contribution in [0.25, 0.3) is 0 Å². The van der Waals surface area contributed by atoms with E-state index in [0.717, 1.165) is 11.3 Å². The number of nitrogens with two attached hydrogens (primary N) is 1. The van der Waals surface area contributed by atoms with Crippen LogP contribution in [0.2, 0.25) is 0 Å². The summed E-state index contributed by atoms with van der Waals surface area (Å²) < 4.78 is 27.1. The van der Waals surface area contributed by atoms with E-state index < -0.39 is 9.84 Å². The zero-order valence-electron chi connectivity index (χ0n) is 10.6. The molecule has 1 unspecified atom stereocenters. The third kappa shape index (κ3) is 5.75. The summed E-state index contributed by atoms with van der Waals surface area (Å²) in [4.78, 5) is 0. The van der Waals surface area contributed by atoms with Gasteiger partial charge in [-0.2, -0.15) is 11.8 Å². The summed E-state index contributed by atoms with van der Waals surface area (Å²) in [6.45, 7) is 0. The fourth-order valence-electron chi connectivity index (χ4n) is 1.39. The van der Waals surface area contributed by atoms with Crippen LogP contribution in [-0.2, 0) is 9.84 Å². The molecule has 102 valence electrons. The van der Waals surface area contributed by atoms with Crippen molar-refractivity contribution in [1.29, 1.82) is 0 Å². The van der Waals surface area contributed by atoms with E-state index in [9.17, 15) is 8.42 Å². The maximum atomic E-state index is 11.0. The lowest BCUT2D eigenvalue weighted by Gasteiger charge is -2.12. The zero-order chi connectivity index (χ0) is 13.6. The van der Waals surface area contributed by atoms with E-state index in [0.29, 0.717) is 11.5 Å². The highest BCUT2D eigenvalue weighted by Gasteiger charge is 2.08. The first kappa shape index (κ1) is 15.3. The van der Waals surface area contributed by atoms with E-state index in [1.54, 1.807) is 18.9 Å². The second-order valence-electron chi connectivity index (χ2n) is 4.09. The molecule has 1 atom stereocenters. The van der Waals surface area contributed by atoms with Crippen molar-refractivity contribution in [2.75, 3.05) is 30.6 Å². The van der Waals surface area contributed by atoms with Crippen molar-refractivity contribution in [1.82, 2.24) is 0 Å². The number of rotatable bonds is 7. The van der Waals surface area contributed by atoms with Gasteiger partial charge in [-0.15, -0.1) is 0 Å². The van der Waals surface area contributed by atoms with Gasteiger partial charge in [-0.05, 0) is 17.7 Å². The molecule has 0 fully saturated rings. The van der Waals surface area contributed by atoms with Gasteiger partial charge in [0.2, 0.25) is 0 Å². The van der Waals surface area contributed by atoms with Crippen LogP contribution in [0.3, 0.4) is 0 Å². The van der Waals surface area contributed by atoms with Gasteiger partial charge in [0.25, 0.3) is 0 Å². The summed E-state index contributed by atoms with van der Waals surface area (Å²) in [6.07, 6.45) is 1.25. The van der Waals surface area contributed by atoms with E-state index in [1.165, 1.54) is 6.26 Å². The molecule has 0 aromatic heterocycles. The third-order valence-corrected chi connectivity index (χ3v) is 4.71. The predicted octanol–water partition coefficient (Wildman–Crippen LogP) is 1.47. The smallest absolute Gasteiger partial charge is 0.148 e. The highest BCUT2D eigenvalue weighted by molar-refractivity contribution is 8.00. The highest BCUT2D eigenvalue weighted by Crippen LogP contribution is 2.20. The van der Waals surface area contributed by atoms with E-state index in [2.05, 4.69) is 0 Å². The molecule has 0 amide bonds. The van der Waals surface area contributed by atoms with Crippen molar-refractivity contribution in [3.63, 3.8) is 0 Å². The summed E-state index contributed by atoms with van der Waals surface area (Å²) in [5.74, 6) is 2.26. The molecule has 0 aliphatic carbocycles. The Hall–Kier alpha value is -0.720. The lowest BCUT2D eigenvalue weighted by molar-refractivity contribution is 0.414. The fourth-order valence-corrected chi connectivity index (χ4v) is 3.68. The number of thioether (sulfide) groups is 1. The van der Waals surface area contributed by atoms with Crippen molar-refractivity contribution in [2.24, 2.45) is 5.73 Å². The quantitative estimate of drug-likeness (QED) is 0.770. The zero-order valence-corrected chi connectivity index (χ0v) is 12.3. The number of hydrogen-bond acceptors (Lipinski definition) is 5. The van der Waals surface area contributed by atoms with Gasteiger partial charge >= 0.3 is 0 Å². The average molecular weight is 289 g/mol. The molecule has 0 aliphatic heterocycles. The summed E-state index contributed by atoms with van der Waals surface area (Å²) in [5, 5.41) is 0. The Morgan fingerprint density at radius 1 is 1.44 bits per heavy atom. The van der Waals surface area contributed by atoms with Crippen molar-refractivity contribution < 1.29 is 13.2 Å². The Morgan fingerprint density at radius 2 is 2.17 bits per heavy atom. The first-order valence-corrected chi connectivity index (χ1v) is 8.79. The minimum atomic E-state index is -2.88. The topological polar surface area (TPSA) is 69.4 Å². The second-order valence-corrected chi connectivity index (χ2v) is 7.50. The Morgan fingerprint density at radius 3 is 2.78 bits per heavy atom. The van der Waals surface area contributed by atoms with Crippen molar-refractivity contribution in [3.8, 4) is 5.75 Å². The molecule has 0 saturated carbocycles. The minimum absolute atomic E-state index is 0.107. The first-order valence-electron chi connectivity index (χ1n) is 5.57. The average Bonchev–Trinajstić information content (AvgIpc) is 2.33. The maximum absolute atomic E-state index is 11.0. The second kappa shape index (κ2) is 7.01. The maximum Gasteiger partial charge on any atom is 0.148 e. The van der Waals surface area contributed by atoms with Gasteiger partial charge in [0.1, 0.15) is 15.6 Å². The monoisotopic (exact) mass is 289 g/mol. The molecule has 6 heteroatoms. The van der Waals surface area contributed by atoms with Gasteiger partial charge < -0.3 is 10.5 Å². The van der Waals surface area contributed by atoms with Crippen LogP contribution in [-0.4, -0.2) is 39.0 Å². The van der Waals surface area contributed by atoms with Crippen LogP contribution in [0, 0.1) is 0 Å². The first-order chi connectivity index (χ1) is 8.42. The summed E-state index contributed by atoms with van der Waals surface area (Å²) in [5.41, 5.74) is 7.04. The van der Waals surface area contributed by atoms with Crippen molar-refractivity contribution in [2.45, 2.75) is 6.04 Å². The fraction of sp³-hybridized carbons (Fsp3) is 0.500. The van der Waals surface area contributed by atoms with Crippen LogP contribution >= 0.6 is 11.8 Å². The van der Waals surface area contributed by atoms with E-state index in [1.807, 2.05) is 24.3 Å². The number of ether oxygens (including phenoxy) is 1. The van der Waals surface area contributed by atoms with Crippen molar-refractivity contribution in [3.05, 3.63) is 29.8 Å². The van der Waals surface area contributed by atoms with Gasteiger partial charge in [-0.1, -0.05) is 12.1 Å². The molecule has 1 aromatic rings. The van der Waals surface area contributed by atoms with Crippen LogP contribution < -0.4 is 10.5 Å². The SMILES string of the molecule is COc1cccc(C(N)CSCCS(C)(=O)=O)c1. The molecule has 0 bridgehead atoms. The summed E-state index contributed by atoms with van der Waals surface area (Å²) >= 11 is 1.55. The minimum Gasteiger partial charge on any atom is -0.497 e. The lowest BCUT2D eigenvalue weighted by atomic mass is 10.1. The molecular formula is C12H19NO3S2. The van der Waals surface area contributed by atoms with Gasteiger partial charge in [-0.3, -0.25) is 0 Å². The molecule has 4 nitrogen and oxygen atoms in total. The standard InChI is InChI=1S/C12H19NO3S2/c1-16-11-5-3-4-10(8-11)12(13)9-17-6-7-18(2,14)15/h3-5,8,12H,6-7,9,13H2,1-2H3. The third-order valence-electron chi connectivity index (χ3n) is 2.42. The predicted molar refractivity (Wildman–Crippen MR) is 77.0 cm³/mol. The van der Waals surface area contributed by atoms with Gasteiger partial charge in [0, 0.05) is 23.8 Å². The van der Waals surface area contributed by atoms with Crippen LogP contribution in [0.1, 0.15) is 11.6 Å². The Bertz CT molecular complexity index is 474. The molecule has 1 aromatic carbocycles. The molecule has 0 radical (unpaired) electrons. The van der Waals surface area contributed by atoms with E-state index in [-0.39, 0.29) is 11.8 Å². The highest BCUT2D eigenvalue weighted by atomic mass is 32.2. The van der Waals surface area contributed by atoms with Crippen molar-refractivity contribution >= 4 is 21.6 Å². The number of sulfone groups is 1. The van der Waals surface area contributed by atoms with Gasteiger partial charge in [-0.25, -0.2) is 8.42 Å². The number of methoxy groups -OCH3 is 1. The molecule has 0 heterocycles.